The maximum atomic E-state index is 12.2. The first kappa shape index (κ1) is 20.2. The molecule has 0 radical (unpaired) electrons. The van der Waals surface area contributed by atoms with E-state index in [1.165, 1.54) is 0 Å². The zero-order valence-corrected chi connectivity index (χ0v) is 17.4. The molecule has 7 nitrogen and oxygen atoms in total. The van der Waals surface area contributed by atoms with E-state index < -0.39 is 0 Å². The van der Waals surface area contributed by atoms with Crippen LogP contribution in [-0.4, -0.2) is 34.5 Å². The van der Waals surface area contributed by atoms with Crippen LogP contribution in [0.4, 0.5) is 5.69 Å². The average Bonchev–Trinajstić information content (AvgIpc) is 3.53. The third kappa shape index (κ3) is 4.91. The summed E-state index contributed by atoms with van der Waals surface area (Å²) in [6.45, 7) is 0.464. The maximum Gasteiger partial charge on any atom is 0.262 e. The lowest BCUT2D eigenvalue weighted by atomic mass is 10.2. The predicted molar refractivity (Wildman–Crippen MR) is 116 cm³/mol. The molecule has 1 saturated carbocycles. The molecule has 1 heterocycles. The molecule has 1 aliphatic rings. The number of rotatable bonds is 8. The zero-order chi connectivity index (χ0) is 21.1. The third-order valence-electron chi connectivity index (χ3n) is 5.04. The monoisotopic (exact) mass is 426 g/mol. The Morgan fingerprint density at radius 2 is 1.97 bits per heavy atom. The molecule has 0 aliphatic heterocycles. The van der Waals surface area contributed by atoms with E-state index >= 15 is 0 Å². The van der Waals surface area contributed by atoms with Crippen LogP contribution in [0.5, 0.6) is 5.75 Å². The first-order valence-corrected chi connectivity index (χ1v) is 10.3. The molecule has 4 rings (SSSR count). The maximum absolute atomic E-state index is 12.2. The molecule has 1 fully saturated rings. The second kappa shape index (κ2) is 8.75. The first-order chi connectivity index (χ1) is 14.5. The van der Waals surface area contributed by atoms with Gasteiger partial charge < -0.3 is 19.9 Å². The number of hydrogen-bond donors (Lipinski definition) is 2. The number of carbonyl (C=O) groups is 2. The van der Waals surface area contributed by atoms with Crippen LogP contribution < -0.4 is 15.4 Å². The summed E-state index contributed by atoms with van der Waals surface area (Å²) in [5, 5.41) is 6.40. The fraction of sp³-hybridized carbons (Fsp3) is 0.318. The molecule has 2 N–H and O–H groups in total. The Morgan fingerprint density at radius 3 is 2.70 bits per heavy atom. The summed E-state index contributed by atoms with van der Waals surface area (Å²) in [6.07, 6.45) is 2.65. The topological polar surface area (TPSA) is 85.3 Å². The largest absolute Gasteiger partial charge is 0.484 e. The van der Waals surface area contributed by atoms with Gasteiger partial charge in [0.05, 0.1) is 11.0 Å². The van der Waals surface area contributed by atoms with Gasteiger partial charge in [-0.2, -0.15) is 0 Å². The number of imidazole rings is 1. The van der Waals surface area contributed by atoms with E-state index in [1.54, 1.807) is 24.3 Å². The highest BCUT2D eigenvalue weighted by Gasteiger charge is 2.29. The number of amides is 2. The summed E-state index contributed by atoms with van der Waals surface area (Å²) < 4.78 is 7.47. The van der Waals surface area contributed by atoms with Crippen molar-refractivity contribution >= 4 is 40.1 Å². The number of hydrogen-bond acceptors (Lipinski definition) is 4. The van der Waals surface area contributed by atoms with Crippen LogP contribution in [0, 0.1) is 5.92 Å². The molecule has 1 aromatic heterocycles. The number of carbonyl (C=O) groups excluding carboxylic acids is 2. The van der Waals surface area contributed by atoms with Gasteiger partial charge in [-0.15, -0.1) is 0 Å². The average molecular weight is 427 g/mol. The highest BCUT2D eigenvalue weighted by molar-refractivity contribution is 6.30. The Morgan fingerprint density at radius 1 is 1.20 bits per heavy atom. The molecule has 2 amide bonds. The van der Waals surface area contributed by atoms with E-state index in [1.807, 2.05) is 29.8 Å². The van der Waals surface area contributed by atoms with Crippen molar-refractivity contribution in [3.63, 3.8) is 0 Å². The van der Waals surface area contributed by atoms with Gasteiger partial charge in [0.1, 0.15) is 11.6 Å². The molecule has 30 heavy (non-hydrogen) atoms. The molecular formula is C22H23ClN4O3. The van der Waals surface area contributed by atoms with Gasteiger partial charge in [0.2, 0.25) is 5.91 Å². The number of nitrogens with zero attached hydrogens (tertiary/aromatic N) is 2. The summed E-state index contributed by atoms with van der Waals surface area (Å²) in [7, 11) is 1.95. The molecule has 0 unspecified atom stereocenters. The Kier molecular flexibility index (Phi) is 5.90. The Hall–Kier alpha value is -3.06. The van der Waals surface area contributed by atoms with E-state index in [-0.39, 0.29) is 24.3 Å². The van der Waals surface area contributed by atoms with Crippen LogP contribution in [0.3, 0.4) is 0 Å². The Balaban J connectivity index is 1.34. The van der Waals surface area contributed by atoms with Crippen LogP contribution in [0.1, 0.15) is 18.7 Å². The zero-order valence-electron chi connectivity index (χ0n) is 16.7. The van der Waals surface area contributed by atoms with Gasteiger partial charge in [0, 0.05) is 36.6 Å². The molecule has 1 aliphatic carbocycles. The number of ether oxygens (including phenoxy) is 1. The van der Waals surface area contributed by atoms with E-state index in [2.05, 4.69) is 15.6 Å². The molecule has 0 saturated heterocycles. The van der Waals surface area contributed by atoms with Crippen molar-refractivity contribution in [2.24, 2.45) is 13.0 Å². The Labute approximate surface area is 179 Å². The van der Waals surface area contributed by atoms with Gasteiger partial charge in [0.15, 0.2) is 6.61 Å². The van der Waals surface area contributed by atoms with E-state index in [0.717, 1.165) is 29.7 Å². The molecule has 0 atom stereocenters. The van der Waals surface area contributed by atoms with E-state index in [0.29, 0.717) is 29.4 Å². The molecule has 0 bridgehead atoms. The molecule has 156 valence electrons. The molecule has 3 aromatic rings. The SMILES string of the molecule is Cn1c(CCNC(=O)C2CC2)nc2cc(NC(=O)COc3ccc(Cl)cc3)ccc21. The molecular weight excluding hydrogens is 404 g/mol. The number of anilines is 1. The van der Waals surface area contributed by atoms with Gasteiger partial charge in [-0.25, -0.2) is 4.98 Å². The number of fused-ring (bicyclic) bond motifs is 1. The number of benzene rings is 2. The minimum atomic E-state index is -0.261. The van der Waals surface area contributed by atoms with Crippen molar-refractivity contribution in [3.05, 3.63) is 53.3 Å². The van der Waals surface area contributed by atoms with E-state index in [9.17, 15) is 9.59 Å². The highest BCUT2D eigenvalue weighted by atomic mass is 35.5. The van der Waals surface area contributed by atoms with Crippen molar-refractivity contribution < 1.29 is 14.3 Å². The standard InChI is InChI=1S/C22H23ClN4O3/c1-27-19-9-6-16(25-21(28)13-30-17-7-4-15(23)5-8-17)12-18(19)26-20(27)10-11-24-22(29)14-2-3-14/h4-9,12,14H,2-3,10-11,13H2,1H3,(H,24,29)(H,25,28). The fourth-order valence-electron chi connectivity index (χ4n) is 3.22. The van der Waals surface area contributed by atoms with Crippen LogP contribution in [0.2, 0.25) is 5.02 Å². The summed E-state index contributed by atoms with van der Waals surface area (Å²) in [6, 6.07) is 12.4. The number of aromatic nitrogens is 2. The quantitative estimate of drug-likeness (QED) is 0.578. The number of nitrogens with one attached hydrogen (secondary N) is 2. The Bertz CT molecular complexity index is 1070. The van der Waals surface area contributed by atoms with E-state index in [4.69, 9.17) is 16.3 Å². The van der Waals surface area contributed by atoms with Gasteiger partial charge in [0.25, 0.3) is 5.91 Å². The first-order valence-electron chi connectivity index (χ1n) is 9.91. The lowest BCUT2D eigenvalue weighted by Gasteiger charge is -2.08. The molecule has 8 heteroatoms. The summed E-state index contributed by atoms with van der Waals surface area (Å²) in [5.74, 6) is 1.55. The minimum absolute atomic E-state index is 0.103. The second-order valence-electron chi connectivity index (χ2n) is 7.40. The summed E-state index contributed by atoms with van der Waals surface area (Å²) in [5.41, 5.74) is 2.41. The minimum Gasteiger partial charge on any atom is -0.484 e. The second-order valence-corrected chi connectivity index (χ2v) is 7.83. The molecule has 2 aromatic carbocycles. The summed E-state index contributed by atoms with van der Waals surface area (Å²) >= 11 is 5.84. The molecule has 0 spiro atoms. The van der Waals surface area contributed by atoms with Crippen molar-refractivity contribution in [2.75, 3.05) is 18.5 Å². The van der Waals surface area contributed by atoms with Gasteiger partial charge in [-0.05, 0) is 55.3 Å². The van der Waals surface area contributed by atoms with Crippen LogP contribution in [0.25, 0.3) is 11.0 Å². The normalized spacial score (nSPS) is 13.3. The van der Waals surface area contributed by atoms with Crippen LogP contribution >= 0.6 is 11.6 Å². The van der Waals surface area contributed by atoms with Crippen molar-refractivity contribution in [2.45, 2.75) is 19.3 Å². The number of aryl methyl sites for hydroxylation is 1. The lowest BCUT2D eigenvalue weighted by molar-refractivity contribution is -0.122. The van der Waals surface area contributed by atoms with Gasteiger partial charge in [-0.1, -0.05) is 11.6 Å². The van der Waals surface area contributed by atoms with Crippen molar-refractivity contribution in [1.82, 2.24) is 14.9 Å². The fourth-order valence-corrected chi connectivity index (χ4v) is 3.34. The number of halogens is 1. The third-order valence-corrected chi connectivity index (χ3v) is 5.29. The van der Waals surface area contributed by atoms with Crippen LogP contribution in [-0.2, 0) is 23.1 Å². The highest BCUT2D eigenvalue weighted by Crippen LogP contribution is 2.28. The van der Waals surface area contributed by atoms with Gasteiger partial charge >= 0.3 is 0 Å². The summed E-state index contributed by atoms with van der Waals surface area (Å²) in [4.78, 5) is 28.6. The van der Waals surface area contributed by atoms with Crippen molar-refractivity contribution in [3.8, 4) is 5.75 Å². The van der Waals surface area contributed by atoms with Crippen LogP contribution in [0.15, 0.2) is 42.5 Å². The lowest BCUT2D eigenvalue weighted by Crippen LogP contribution is -2.27. The smallest absolute Gasteiger partial charge is 0.262 e. The van der Waals surface area contributed by atoms with Gasteiger partial charge in [-0.3, -0.25) is 9.59 Å². The van der Waals surface area contributed by atoms with Crippen molar-refractivity contribution in [1.29, 1.82) is 0 Å². The predicted octanol–water partition coefficient (Wildman–Crippen LogP) is 3.31.